The SMILES string of the molecule is CCOc1ccc(CNC(=NC)NCCCOCC(C)C)cc1F. The van der Waals surface area contributed by atoms with Crippen LogP contribution in [0, 0.1) is 11.7 Å². The van der Waals surface area contributed by atoms with Gasteiger partial charge in [0.1, 0.15) is 0 Å². The smallest absolute Gasteiger partial charge is 0.191 e. The van der Waals surface area contributed by atoms with E-state index >= 15 is 0 Å². The fourth-order valence-electron chi connectivity index (χ4n) is 2.03. The van der Waals surface area contributed by atoms with E-state index in [1.807, 2.05) is 13.0 Å². The Bertz CT molecular complexity index is 507. The average molecular weight is 339 g/mol. The third-order valence-electron chi connectivity index (χ3n) is 3.19. The maximum absolute atomic E-state index is 13.8. The van der Waals surface area contributed by atoms with Gasteiger partial charge in [-0.1, -0.05) is 19.9 Å². The molecule has 0 radical (unpaired) electrons. The topological polar surface area (TPSA) is 54.9 Å². The summed E-state index contributed by atoms with van der Waals surface area (Å²) in [6, 6.07) is 4.97. The lowest BCUT2D eigenvalue weighted by atomic mass is 10.2. The van der Waals surface area contributed by atoms with Gasteiger partial charge in [0.05, 0.1) is 6.61 Å². The molecule has 24 heavy (non-hydrogen) atoms. The first-order valence-corrected chi connectivity index (χ1v) is 8.50. The zero-order valence-electron chi connectivity index (χ0n) is 15.2. The van der Waals surface area contributed by atoms with E-state index < -0.39 is 0 Å². The molecule has 0 fully saturated rings. The molecule has 2 N–H and O–H groups in total. The molecule has 136 valence electrons. The van der Waals surface area contributed by atoms with Crippen LogP contribution in [0.1, 0.15) is 32.8 Å². The molecule has 0 aliphatic rings. The molecule has 0 aliphatic carbocycles. The molecule has 6 heteroatoms. The maximum atomic E-state index is 13.8. The number of halogens is 1. The molecule has 1 rings (SSSR count). The Hall–Kier alpha value is -1.82. The molecular formula is C18H30FN3O2. The van der Waals surface area contributed by atoms with Gasteiger partial charge in [-0.15, -0.1) is 0 Å². The quantitative estimate of drug-likeness (QED) is 0.391. The summed E-state index contributed by atoms with van der Waals surface area (Å²) in [6.45, 7) is 9.33. The molecule has 0 saturated heterocycles. The van der Waals surface area contributed by atoms with Crippen LogP contribution in [0.25, 0.3) is 0 Å². The highest BCUT2D eigenvalue weighted by Crippen LogP contribution is 2.18. The highest BCUT2D eigenvalue weighted by Gasteiger charge is 2.05. The minimum Gasteiger partial charge on any atom is -0.491 e. The van der Waals surface area contributed by atoms with Crippen molar-refractivity contribution >= 4 is 5.96 Å². The number of hydrogen-bond donors (Lipinski definition) is 2. The van der Waals surface area contributed by atoms with Crippen molar-refractivity contribution in [2.45, 2.75) is 33.7 Å². The minimum atomic E-state index is -0.346. The van der Waals surface area contributed by atoms with Crippen LogP contribution in [-0.2, 0) is 11.3 Å². The molecule has 0 heterocycles. The number of aliphatic imine (C=N–C) groups is 1. The summed E-state index contributed by atoms with van der Waals surface area (Å²) in [5.41, 5.74) is 0.833. The number of benzene rings is 1. The molecule has 0 atom stereocenters. The van der Waals surface area contributed by atoms with Crippen molar-refractivity contribution in [2.75, 3.05) is 33.4 Å². The third-order valence-corrected chi connectivity index (χ3v) is 3.19. The molecule has 0 saturated carbocycles. The minimum absolute atomic E-state index is 0.283. The fraction of sp³-hybridized carbons (Fsp3) is 0.611. The van der Waals surface area contributed by atoms with Crippen molar-refractivity contribution in [1.29, 1.82) is 0 Å². The van der Waals surface area contributed by atoms with Gasteiger partial charge in [-0.3, -0.25) is 4.99 Å². The number of ether oxygens (including phenoxy) is 2. The van der Waals surface area contributed by atoms with Gasteiger partial charge in [0, 0.05) is 33.4 Å². The molecule has 0 bridgehead atoms. The van der Waals surface area contributed by atoms with Gasteiger partial charge in [0.2, 0.25) is 0 Å². The molecule has 0 unspecified atom stereocenters. The number of hydrogen-bond acceptors (Lipinski definition) is 3. The second-order valence-electron chi connectivity index (χ2n) is 5.87. The van der Waals surface area contributed by atoms with Crippen LogP contribution in [0.3, 0.4) is 0 Å². The number of nitrogens with one attached hydrogen (secondary N) is 2. The summed E-state index contributed by atoms with van der Waals surface area (Å²) in [5, 5.41) is 6.38. The molecule has 0 aliphatic heterocycles. The summed E-state index contributed by atoms with van der Waals surface area (Å²) < 4.78 is 24.5. The second kappa shape index (κ2) is 11.7. The second-order valence-corrected chi connectivity index (χ2v) is 5.87. The van der Waals surface area contributed by atoms with Crippen LogP contribution in [0.4, 0.5) is 4.39 Å². The van der Waals surface area contributed by atoms with Crippen LogP contribution < -0.4 is 15.4 Å². The van der Waals surface area contributed by atoms with Gasteiger partial charge >= 0.3 is 0 Å². The van der Waals surface area contributed by atoms with E-state index in [0.717, 1.165) is 31.7 Å². The standard InChI is InChI=1S/C18H30FN3O2/c1-5-24-17-8-7-15(11-16(17)19)12-22-18(20-4)21-9-6-10-23-13-14(2)3/h7-8,11,14H,5-6,9-10,12-13H2,1-4H3,(H2,20,21,22). The maximum Gasteiger partial charge on any atom is 0.191 e. The van der Waals surface area contributed by atoms with Gasteiger partial charge < -0.3 is 20.1 Å². The van der Waals surface area contributed by atoms with Crippen LogP contribution >= 0.6 is 0 Å². The van der Waals surface area contributed by atoms with Crippen molar-refractivity contribution < 1.29 is 13.9 Å². The number of rotatable bonds is 10. The highest BCUT2D eigenvalue weighted by atomic mass is 19.1. The Kier molecular flexibility index (Phi) is 9.84. The molecule has 5 nitrogen and oxygen atoms in total. The Morgan fingerprint density at radius 3 is 2.71 bits per heavy atom. The average Bonchev–Trinajstić information content (AvgIpc) is 2.55. The zero-order valence-corrected chi connectivity index (χ0v) is 15.2. The first-order chi connectivity index (χ1) is 11.6. The van der Waals surface area contributed by atoms with E-state index in [-0.39, 0.29) is 11.6 Å². The highest BCUT2D eigenvalue weighted by molar-refractivity contribution is 5.79. The molecule has 0 amide bonds. The molecular weight excluding hydrogens is 309 g/mol. The summed E-state index contributed by atoms with van der Waals surface area (Å²) in [5.74, 6) is 1.18. The largest absolute Gasteiger partial charge is 0.491 e. The molecule has 1 aromatic rings. The van der Waals surface area contributed by atoms with E-state index in [2.05, 4.69) is 29.5 Å². The van der Waals surface area contributed by atoms with Crippen molar-refractivity contribution in [1.82, 2.24) is 10.6 Å². The lowest BCUT2D eigenvalue weighted by molar-refractivity contribution is 0.108. The van der Waals surface area contributed by atoms with Crippen molar-refractivity contribution in [3.05, 3.63) is 29.6 Å². The summed E-state index contributed by atoms with van der Waals surface area (Å²) >= 11 is 0. The molecule has 0 spiro atoms. The predicted molar refractivity (Wildman–Crippen MR) is 96.0 cm³/mol. The van der Waals surface area contributed by atoms with E-state index in [4.69, 9.17) is 9.47 Å². The lowest BCUT2D eigenvalue weighted by Crippen LogP contribution is -2.37. The summed E-state index contributed by atoms with van der Waals surface area (Å²) in [4.78, 5) is 4.15. The van der Waals surface area contributed by atoms with Crippen molar-refractivity contribution in [3.8, 4) is 5.75 Å². The van der Waals surface area contributed by atoms with Crippen molar-refractivity contribution in [2.24, 2.45) is 10.9 Å². The van der Waals surface area contributed by atoms with Gasteiger partial charge in [-0.05, 0) is 37.0 Å². The van der Waals surface area contributed by atoms with Crippen LogP contribution in [0.2, 0.25) is 0 Å². The fourth-order valence-corrected chi connectivity index (χ4v) is 2.03. The Morgan fingerprint density at radius 2 is 2.08 bits per heavy atom. The van der Waals surface area contributed by atoms with E-state index in [0.29, 0.717) is 25.0 Å². The third kappa shape index (κ3) is 8.15. The van der Waals surface area contributed by atoms with E-state index in [1.54, 1.807) is 13.1 Å². The Morgan fingerprint density at radius 1 is 1.29 bits per heavy atom. The van der Waals surface area contributed by atoms with E-state index in [9.17, 15) is 4.39 Å². The van der Waals surface area contributed by atoms with Gasteiger partial charge in [0.15, 0.2) is 17.5 Å². The summed E-state index contributed by atoms with van der Waals surface area (Å²) in [7, 11) is 1.71. The van der Waals surface area contributed by atoms with Crippen LogP contribution in [0.15, 0.2) is 23.2 Å². The monoisotopic (exact) mass is 339 g/mol. The van der Waals surface area contributed by atoms with Crippen LogP contribution in [-0.4, -0.2) is 39.4 Å². The Labute approximate surface area is 144 Å². The van der Waals surface area contributed by atoms with Crippen molar-refractivity contribution in [3.63, 3.8) is 0 Å². The van der Waals surface area contributed by atoms with Crippen LogP contribution in [0.5, 0.6) is 5.75 Å². The first-order valence-electron chi connectivity index (χ1n) is 8.50. The van der Waals surface area contributed by atoms with E-state index in [1.165, 1.54) is 6.07 Å². The number of guanidine groups is 1. The van der Waals surface area contributed by atoms with Gasteiger partial charge in [-0.25, -0.2) is 4.39 Å². The summed E-state index contributed by atoms with van der Waals surface area (Å²) in [6.07, 6.45) is 0.908. The number of nitrogens with zero attached hydrogens (tertiary/aromatic N) is 1. The lowest BCUT2D eigenvalue weighted by Gasteiger charge is -2.13. The van der Waals surface area contributed by atoms with Gasteiger partial charge in [0.25, 0.3) is 0 Å². The van der Waals surface area contributed by atoms with Gasteiger partial charge in [-0.2, -0.15) is 0 Å². The Balaban J connectivity index is 2.30. The molecule has 0 aromatic heterocycles. The normalized spacial score (nSPS) is 11.7. The molecule has 1 aromatic carbocycles. The zero-order chi connectivity index (χ0) is 17.8. The first kappa shape index (κ1) is 20.2. The predicted octanol–water partition coefficient (Wildman–Crippen LogP) is 2.95.